The number of nitrogens with zero attached hydrogens (tertiary/aromatic N) is 4. The van der Waals surface area contributed by atoms with Crippen LogP contribution in [-0.4, -0.2) is 69.7 Å². The van der Waals surface area contributed by atoms with E-state index in [-0.39, 0.29) is 18.1 Å². The molecular weight excluding hydrogens is 290 g/mol. The fourth-order valence-electron chi connectivity index (χ4n) is 2.38. The van der Waals surface area contributed by atoms with Crippen molar-refractivity contribution in [2.24, 2.45) is 7.05 Å². The van der Waals surface area contributed by atoms with Crippen molar-refractivity contribution in [2.75, 3.05) is 26.0 Å². The number of thioether (sulfide) groups is 1. The second kappa shape index (κ2) is 7.24. The molecule has 118 valence electrons. The summed E-state index contributed by atoms with van der Waals surface area (Å²) in [6.45, 7) is 5.99. The van der Waals surface area contributed by atoms with Gasteiger partial charge < -0.3 is 14.6 Å². The van der Waals surface area contributed by atoms with Crippen LogP contribution in [0.15, 0.2) is 11.5 Å². The van der Waals surface area contributed by atoms with Crippen molar-refractivity contribution in [1.29, 1.82) is 0 Å². The minimum absolute atomic E-state index is 0.000608. The van der Waals surface area contributed by atoms with E-state index in [0.717, 1.165) is 18.2 Å². The van der Waals surface area contributed by atoms with Crippen LogP contribution in [0, 0.1) is 0 Å². The van der Waals surface area contributed by atoms with E-state index in [9.17, 15) is 4.79 Å². The van der Waals surface area contributed by atoms with Crippen LogP contribution in [0.2, 0.25) is 0 Å². The molecule has 0 unspecified atom stereocenters. The normalized spacial score (nSPS) is 22.9. The van der Waals surface area contributed by atoms with Crippen LogP contribution in [0.3, 0.4) is 0 Å². The quantitative estimate of drug-likeness (QED) is 0.753. The first-order valence-electron chi connectivity index (χ1n) is 7.04. The molecule has 8 heteroatoms. The van der Waals surface area contributed by atoms with Crippen molar-refractivity contribution < 1.29 is 9.53 Å². The molecule has 21 heavy (non-hydrogen) atoms. The van der Waals surface area contributed by atoms with Gasteiger partial charge in [0.2, 0.25) is 5.91 Å². The third-order valence-corrected chi connectivity index (χ3v) is 4.71. The van der Waals surface area contributed by atoms with Crippen LogP contribution in [-0.2, 0) is 16.6 Å². The highest BCUT2D eigenvalue weighted by Gasteiger charge is 2.34. The Bertz CT molecular complexity index is 479. The van der Waals surface area contributed by atoms with E-state index in [0.29, 0.717) is 11.8 Å². The molecule has 0 spiro atoms. The van der Waals surface area contributed by atoms with Gasteiger partial charge in [-0.2, -0.15) is 0 Å². The predicted molar refractivity (Wildman–Crippen MR) is 81.2 cm³/mol. The average Bonchev–Trinajstić information content (AvgIpc) is 3.02. The lowest BCUT2D eigenvalue weighted by Crippen LogP contribution is -2.44. The van der Waals surface area contributed by atoms with E-state index in [1.807, 2.05) is 7.05 Å². The molecule has 0 aliphatic carbocycles. The van der Waals surface area contributed by atoms with Gasteiger partial charge in [0, 0.05) is 33.3 Å². The Kier molecular flexibility index (Phi) is 5.60. The molecule has 1 aromatic heterocycles. The predicted octanol–water partition coefficient (Wildman–Crippen LogP) is 0.131. The smallest absolute Gasteiger partial charge is 0.230 e. The van der Waals surface area contributed by atoms with E-state index in [4.69, 9.17) is 4.74 Å². The summed E-state index contributed by atoms with van der Waals surface area (Å²) >= 11 is 1.38. The third kappa shape index (κ3) is 4.18. The monoisotopic (exact) mass is 313 g/mol. The van der Waals surface area contributed by atoms with E-state index >= 15 is 0 Å². The van der Waals surface area contributed by atoms with Crippen molar-refractivity contribution in [3.05, 3.63) is 6.33 Å². The standard InChI is InChI=1S/C13H23N5O2S/c1-9(2)18-5-10(11(6-18)20-4)15-12(19)7-21-13-16-14-8-17(13)3/h8-11H,5-7H2,1-4H3,(H,15,19)/t10-,11-/m1/s1. The maximum Gasteiger partial charge on any atom is 0.230 e. The maximum atomic E-state index is 12.1. The number of methoxy groups -OCH3 is 1. The Hall–Kier alpha value is -1.12. The van der Waals surface area contributed by atoms with Gasteiger partial charge in [-0.05, 0) is 13.8 Å². The van der Waals surface area contributed by atoms with Crippen molar-refractivity contribution in [3.63, 3.8) is 0 Å². The van der Waals surface area contributed by atoms with Crippen LogP contribution in [0.25, 0.3) is 0 Å². The van der Waals surface area contributed by atoms with Gasteiger partial charge in [-0.3, -0.25) is 9.69 Å². The molecule has 0 bridgehead atoms. The van der Waals surface area contributed by atoms with Crippen molar-refractivity contribution in [2.45, 2.75) is 37.2 Å². The molecule has 1 N–H and O–H groups in total. The van der Waals surface area contributed by atoms with Gasteiger partial charge in [0.15, 0.2) is 5.16 Å². The Balaban J connectivity index is 1.83. The fraction of sp³-hybridized carbons (Fsp3) is 0.769. The molecule has 1 fully saturated rings. The molecule has 1 saturated heterocycles. The van der Waals surface area contributed by atoms with Crippen LogP contribution in [0.4, 0.5) is 0 Å². The Morgan fingerprint density at radius 3 is 2.90 bits per heavy atom. The van der Waals surface area contributed by atoms with Gasteiger partial charge in [0.25, 0.3) is 0 Å². The van der Waals surface area contributed by atoms with Crippen molar-refractivity contribution in [3.8, 4) is 0 Å². The molecule has 2 heterocycles. The molecule has 1 amide bonds. The lowest BCUT2D eigenvalue weighted by atomic mass is 10.2. The SMILES string of the molecule is CO[C@@H]1CN(C(C)C)C[C@H]1NC(=O)CSc1nncn1C. The van der Waals surface area contributed by atoms with E-state index < -0.39 is 0 Å². The summed E-state index contributed by atoms with van der Waals surface area (Å²) in [4.78, 5) is 14.4. The van der Waals surface area contributed by atoms with Crippen LogP contribution < -0.4 is 5.32 Å². The van der Waals surface area contributed by atoms with Gasteiger partial charge in [-0.1, -0.05) is 11.8 Å². The zero-order valence-electron chi connectivity index (χ0n) is 12.9. The Morgan fingerprint density at radius 1 is 1.57 bits per heavy atom. The molecule has 0 aromatic carbocycles. The molecule has 2 atom stereocenters. The van der Waals surface area contributed by atoms with Crippen molar-refractivity contribution in [1.82, 2.24) is 25.0 Å². The summed E-state index contributed by atoms with van der Waals surface area (Å²) in [5.41, 5.74) is 0. The highest BCUT2D eigenvalue weighted by molar-refractivity contribution is 7.99. The second-order valence-electron chi connectivity index (χ2n) is 5.51. The number of nitrogens with one attached hydrogen (secondary N) is 1. The van der Waals surface area contributed by atoms with E-state index in [2.05, 4.69) is 34.3 Å². The number of aromatic nitrogens is 3. The fourth-order valence-corrected chi connectivity index (χ4v) is 3.08. The molecule has 1 aliphatic rings. The summed E-state index contributed by atoms with van der Waals surface area (Å²) < 4.78 is 7.28. The topological polar surface area (TPSA) is 72.3 Å². The summed E-state index contributed by atoms with van der Waals surface area (Å²) in [6, 6.07) is 0.502. The first-order valence-corrected chi connectivity index (χ1v) is 8.02. The highest BCUT2D eigenvalue weighted by atomic mass is 32.2. The minimum Gasteiger partial charge on any atom is -0.378 e. The van der Waals surface area contributed by atoms with Crippen LogP contribution >= 0.6 is 11.8 Å². The maximum absolute atomic E-state index is 12.1. The minimum atomic E-state index is 0.000608. The number of hydrogen-bond donors (Lipinski definition) is 1. The number of ether oxygens (including phenoxy) is 1. The molecule has 1 aliphatic heterocycles. The lowest BCUT2D eigenvalue weighted by Gasteiger charge is -2.19. The molecular formula is C13H23N5O2S. The first kappa shape index (κ1) is 16.3. The molecule has 0 saturated carbocycles. The van der Waals surface area contributed by atoms with E-state index in [1.165, 1.54) is 11.8 Å². The Morgan fingerprint density at radius 2 is 2.33 bits per heavy atom. The summed E-state index contributed by atoms with van der Waals surface area (Å²) in [6.07, 6.45) is 1.68. The number of carbonyl (C=O) groups excluding carboxylic acids is 1. The number of likely N-dealkylation sites (tertiary alicyclic amines) is 1. The average molecular weight is 313 g/mol. The number of carbonyl (C=O) groups is 1. The number of amides is 1. The summed E-state index contributed by atoms with van der Waals surface area (Å²) in [5, 5.41) is 11.5. The number of rotatable bonds is 6. The van der Waals surface area contributed by atoms with Crippen LogP contribution in [0.1, 0.15) is 13.8 Å². The number of hydrogen-bond acceptors (Lipinski definition) is 6. The van der Waals surface area contributed by atoms with E-state index in [1.54, 1.807) is 18.0 Å². The third-order valence-electron chi connectivity index (χ3n) is 3.68. The van der Waals surface area contributed by atoms with Gasteiger partial charge in [-0.25, -0.2) is 0 Å². The largest absolute Gasteiger partial charge is 0.378 e. The molecule has 1 aromatic rings. The number of aryl methyl sites for hydroxylation is 1. The highest BCUT2D eigenvalue weighted by Crippen LogP contribution is 2.17. The molecule has 2 rings (SSSR count). The van der Waals surface area contributed by atoms with Gasteiger partial charge in [0.1, 0.15) is 6.33 Å². The lowest BCUT2D eigenvalue weighted by molar-refractivity contribution is -0.119. The Labute approximate surface area is 129 Å². The van der Waals surface area contributed by atoms with Crippen LogP contribution in [0.5, 0.6) is 0 Å². The van der Waals surface area contributed by atoms with Crippen molar-refractivity contribution >= 4 is 17.7 Å². The summed E-state index contributed by atoms with van der Waals surface area (Å²) in [7, 11) is 3.56. The zero-order chi connectivity index (χ0) is 15.4. The van der Waals surface area contributed by atoms with Gasteiger partial charge >= 0.3 is 0 Å². The zero-order valence-corrected chi connectivity index (χ0v) is 13.8. The first-order chi connectivity index (χ1) is 10.0. The molecule has 7 nitrogen and oxygen atoms in total. The van der Waals surface area contributed by atoms with Gasteiger partial charge in [0.05, 0.1) is 17.9 Å². The second-order valence-corrected chi connectivity index (χ2v) is 6.45. The summed E-state index contributed by atoms with van der Waals surface area (Å²) in [5.74, 6) is 0.335. The molecule has 0 radical (unpaired) electrons. The van der Waals surface area contributed by atoms with Gasteiger partial charge in [-0.15, -0.1) is 10.2 Å².